The van der Waals surface area contributed by atoms with E-state index in [0.717, 1.165) is 5.69 Å². The van der Waals surface area contributed by atoms with Gasteiger partial charge in [-0.15, -0.1) is 0 Å². The Balaban J connectivity index is 1.64. The van der Waals surface area contributed by atoms with Crippen LogP contribution in [0.15, 0.2) is 53.1 Å². The van der Waals surface area contributed by atoms with E-state index in [0.29, 0.717) is 12.3 Å². The molecule has 0 N–H and O–H groups in total. The van der Waals surface area contributed by atoms with Gasteiger partial charge >= 0.3 is 5.69 Å². The average molecular weight is 370 g/mol. The molecule has 0 saturated carbocycles. The first-order valence-corrected chi connectivity index (χ1v) is 8.13. The lowest BCUT2D eigenvalue weighted by Crippen LogP contribution is -2.26. The van der Waals surface area contributed by atoms with Crippen LogP contribution in [0.5, 0.6) is 5.75 Å². The van der Waals surface area contributed by atoms with Crippen molar-refractivity contribution in [2.45, 2.75) is 13.2 Å². The molecule has 9 nitrogen and oxygen atoms in total. The first-order chi connectivity index (χ1) is 13.0. The topological polar surface area (TPSA) is 104 Å². The normalized spacial score (nSPS) is 10.6. The molecule has 9 heteroatoms. The highest BCUT2D eigenvalue weighted by atomic mass is 16.6. The van der Waals surface area contributed by atoms with Crippen LogP contribution in [0.1, 0.15) is 22.0 Å². The smallest absolute Gasteiger partial charge is 0.310 e. The van der Waals surface area contributed by atoms with Crippen LogP contribution in [0.3, 0.4) is 0 Å². The number of hydrogen-bond donors (Lipinski definition) is 0. The molecule has 140 valence electrons. The molecule has 2 aromatic heterocycles. The average Bonchev–Trinajstić information content (AvgIpc) is 3.29. The maximum atomic E-state index is 12.5. The van der Waals surface area contributed by atoms with Crippen molar-refractivity contribution in [2.24, 2.45) is 7.05 Å². The molecule has 0 atom stereocenters. The number of ether oxygens (including phenoxy) is 1. The third-order valence-corrected chi connectivity index (χ3v) is 3.97. The lowest BCUT2D eigenvalue weighted by molar-refractivity contribution is -0.386. The van der Waals surface area contributed by atoms with Crippen molar-refractivity contribution in [3.8, 4) is 5.75 Å². The Bertz CT molecular complexity index is 962. The summed E-state index contributed by atoms with van der Waals surface area (Å²) in [5.74, 6) is 0.416. The molecule has 1 aromatic carbocycles. The summed E-state index contributed by atoms with van der Waals surface area (Å²) in [7, 11) is 3.47. The monoisotopic (exact) mass is 370 g/mol. The van der Waals surface area contributed by atoms with Crippen LogP contribution in [-0.4, -0.2) is 32.6 Å². The number of nitro benzene ring substituents is 1. The van der Waals surface area contributed by atoms with Gasteiger partial charge in [0.25, 0.3) is 5.91 Å². The van der Waals surface area contributed by atoms with Crippen LogP contribution < -0.4 is 4.74 Å². The summed E-state index contributed by atoms with van der Waals surface area (Å²) in [5, 5.41) is 15.1. The highest BCUT2D eigenvalue weighted by Gasteiger charge is 2.18. The van der Waals surface area contributed by atoms with Crippen molar-refractivity contribution in [2.75, 3.05) is 7.05 Å². The number of aromatic nitrogens is 2. The highest BCUT2D eigenvalue weighted by molar-refractivity contribution is 5.91. The minimum Gasteiger partial charge on any atom is -0.479 e. The zero-order valence-corrected chi connectivity index (χ0v) is 14.9. The number of carbonyl (C=O) groups excluding carboxylic acids is 1. The number of nitrogens with zero attached hydrogens (tertiary/aromatic N) is 4. The largest absolute Gasteiger partial charge is 0.479 e. The third kappa shape index (κ3) is 4.14. The fourth-order valence-electron chi connectivity index (χ4n) is 2.51. The van der Waals surface area contributed by atoms with E-state index in [-0.39, 0.29) is 29.7 Å². The van der Waals surface area contributed by atoms with Gasteiger partial charge < -0.3 is 14.1 Å². The molecule has 0 aliphatic carbocycles. The molecular weight excluding hydrogens is 352 g/mol. The summed E-state index contributed by atoms with van der Waals surface area (Å²) in [6.45, 7) is 0.363. The molecule has 2 heterocycles. The van der Waals surface area contributed by atoms with Gasteiger partial charge in [0.15, 0.2) is 11.5 Å². The van der Waals surface area contributed by atoms with Gasteiger partial charge in [-0.2, -0.15) is 5.10 Å². The van der Waals surface area contributed by atoms with Gasteiger partial charge in [-0.05, 0) is 24.3 Å². The molecule has 0 bridgehead atoms. The minimum atomic E-state index is -0.514. The first kappa shape index (κ1) is 18.2. The van der Waals surface area contributed by atoms with Crippen molar-refractivity contribution in [1.82, 2.24) is 14.7 Å². The maximum Gasteiger partial charge on any atom is 0.310 e. The number of carbonyl (C=O) groups is 1. The number of benzene rings is 1. The molecule has 0 fully saturated rings. The summed E-state index contributed by atoms with van der Waals surface area (Å²) >= 11 is 0. The molecule has 0 aliphatic rings. The number of rotatable bonds is 7. The van der Waals surface area contributed by atoms with Gasteiger partial charge in [0.2, 0.25) is 0 Å². The van der Waals surface area contributed by atoms with Crippen molar-refractivity contribution >= 4 is 11.6 Å². The summed E-state index contributed by atoms with van der Waals surface area (Å²) in [6.07, 6.45) is 1.67. The zero-order valence-electron chi connectivity index (χ0n) is 14.9. The molecule has 0 spiro atoms. The van der Waals surface area contributed by atoms with Crippen LogP contribution >= 0.6 is 0 Å². The van der Waals surface area contributed by atoms with Gasteiger partial charge in [-0.25, -0.2) is 0 Å². The molecule has 27 heavy (non-hydrogen) atoms. The van der Waals surface area contributed by atoms with E-state index >= 15 is 0 Å². The second-order valence-corrected chi connectivity index (χ2v) is 5.89. The van der Waals surface area contributed by atoms with E-state index in [1.165, 1.54) is 17.0 Å². The molecule has 0 saturated heterocycles. The number of nitro groups is 1. The van der Waals surface area contributed by atoms with Crippen molar-refractivity contribution in [3.63, 3.8) is 0 Å². The summed E-state index contributed by atoms with van der Waals surface area (Å²) in [4.78, 5) is 24.5. The van der Waals surface area contributed by atoms with Crippen LogP contribution in [-0.2, 0) is 20.2 Å². The fraction of sp³-hybridized carbons (Fsp3) is 0.222. The Morgan fingerprint density at radius 3 is 2.78 bits per heavy atom. The molecule has 3 rings (SSSR count). The highest BCUT2D eigenvalue weighted by Crippen LogP contribution is 2.27. The lowest BCUT2D eigenvalue weighted by atomic mass is 10.3. The van der Waals surface area contributed by atoms with Gasteiger partial charge in [-0.1, -0.05) is 12.1 Å². The summed E-state index contributed by atoms with van der Waals surface area (Å²) in [5.41, 5.74) is 0.758. The Morgan fingerprint density at radius 2 is 2.07 bits per heavy atom. The molecular formula is C18H18N4O5. The Morgan fingerprint density at radius 1 is 1.30 bits per heavy atom. The van der Waals surface area contributed by atoms with Gasteiger partial charge in [0.05, 0.1) is 17.2 Å². The number of para-hydroxylation sites is 2. The molecule has 1 amide bonds. The molecule has 0 unspecified atom stereocenters. The van der Waals surface area contributed by atoms with E-state index in [1.807, 2.05) is 6.07 Å². The SMILES string of the molecule is CN(Cc1ccnn1C)C(=O)c1ccc(COc2ccccc2[N+](=O)[O-])o1. The zero-order chi connectivity index (χ0) is 19.4. The van der Waals surface area contributed by atoms with Crippen molar-refractivity contribution in [3.05, 3.63) is 76.0 Å². The molecule has 0 radical (unpaired) electrons. The second kappa shape index (κ2) is 7.73. The number of aryl methyl sites for hydroxylation is 1. The number of furan rings is 1. The quantitative estimate of drug-likeness (QED) is 0.468. The van der Waals surface area contributed by atoms with E-state index < -0.39 is 4.92 Å². The van der Waals surface area contributed by atoms with E-state index in [4.69, 9.17) is 9.15 Å². The Kier molecular flexibility index (Phi) is 5.20. The molecule has 0 aliphatic heterocycles. The number of hydrogen-bond acceptors (Lipinski definition) is 6. The van der Waals surface area contributed by atoms with E-state index in [2.05, 4.69) is 5.10 Å². The van der Waals surface area contributed by atoms with Crippen LogP contribution in [0.4, 0.5) is 5.69 Å². The molecule has 3 aromatic rings. The van der Waals surface area contributed by atoms with Gasteiger partial charge in [-0.3, -0.25) is 19.6 Å². The maximum absolute atomic E-state index is 12.5. The van der Waals surface area contributed by atoms with Gasteiger partial charge in [0, 0.05) is 26.4 Å². The predicted octanol–water partition coefficient (Wildman–Crippen LogP) is 2.77. The number of amides is 1. The van der Waals surface area contributed by atoms with Crippen LogP contribution in [0, 0.1) is 10.1 Å². The fourth-order valence-corrected chi connectivity index (χ4v) is 2.51. The Hall–Kier alpha value is -3.62. The van der Waals surface area contributed by atoms with E-state index in [9.17, 15) is 14.9 Å². The van der Waals surface area contributed by atoms with Crippen LogP contribution in [0.25, 0.3) is 0 Å². The summed E-state index contributed by atoms with van der Waals surface area (Å²) in [6, 6.07) is 11.1. The lowest BCUT2D eigenvalue weighted by Gasteiger charge is -2.15. The van der Waals surface area contributed by atoms with Crippen LogP contribution in [0.2, 0.25) is 0 Å². The van der Waals surface area contributed by atoms with E-state index in [1.54, 1.807) is 49.2 Å². The first-order valence-electron chi connectivity index (χ1n) is 8.13. The standard InChI is InChI=1S/C18H18N4O5/c1-20(11-13-9-10-19-21(13)2)18(23)17-8-7-14(27-17)12-26-16-6-4-3-5-15(16)22(24)25/h3-10H,11-12H2,1-2H3. The minimum absolute atomic E-state index is 0.0242. The Labute approximate surface area is 154 Å². The van der Waals surface area contributed by atoms with Gasteiger partial charge in [0.1, 0.15) is 12.4 Å². The van der Waals surface area contributed by atoms with Crippen molar-refractivity contribution in [1.29, 1.82) is 0 Å². The van der Waals surface area contributed by atoms with Crippen molar-refractivity contribution < 1.29 is 18.9 Å². The third-order valence-electron chi connectivity index (χ3n) is 3.97. The summed E-state index contributed by atoms with van der Waals surface area (Å²) < 4.78 is 12.7. The second-order valence-electron chi connectivity index (χ2n) is 5.89. The predicted molar refractivity (Wildman–Crippen MR) is 95.1 cm³/mol.